The second-order valence-corrected chi connectivity index (χ2v) is 14.1. The Morgan fingerprint density at radius 3 is 1.78 bits per heavy atom. The Bertz CT molecular complexity index is 2810. The Morgan fingerprint density at radius 2 is 0.981 bits per heavy atom. The van der Waals surface area contributed by atoms with Crippen molar-refractivity contribution < 1.29 is 4.42 Å². The summed E-state index contributed by atoms with van der Waals surface area (Å²) in [5, 5.41) is 3.71. The van der Waals surface area contributed by atoms with Gasteiger partial charge in [0.15, 0.2) is 5.58 Å². The molecule has 0 unspecified atom stereocenters. The van der Waals surface area contributed by atoms with Gasteiger partial charge in [-0.25, -0.2) is 0 Å². The highest BCUT2D eigenvalue weighted by molar-refractivity contribution is 5.99. The van der Waals surface area contributed by atoms with Crippen LogP contribution in [0.4, 0.5) is 17.1 Å². The third-order valence-electron chi connectivity index (χ3n) is 10.7. The summed E-state index contributed by atoms with van der Waals surface area (Å²) in [7, 11) is 0. The van der Waals surface area contributed by atoms with E-state index in [1.807, 2.05) is 0 Å². The zero-order chi connectivity index (χ0) is 35.8. The molecule has 2 nitrogen and oxygen atoms in total. The molecule has 0 aliphatic heterocycles. The molecule has 0 saturated heterocycles. The molecule has 0 saturated carbocycles. The Balaban J connectivity index is 0.990. The number of rotatable bonds is 7. The predicted molar refractivity (Wildman–Crippen MR) is 228 cm³/mol. The van der Waals surface area contributed by atoms with E-state index in [1.165, 1.54) is 66.2 Å². The number of benzene rings is 8. The van der Waals surface area contributed by atoms with Gasteiger partial charge in [-0.1, -0.05) is 152 Å². The molecular formula is C52H37NO. The molecule has 10 rings (SSSR count). The molecule has 1 aliphatic carbocycles. The van der Waals surface area contributed by atoms with E-state index >= 15 is 0 Å². The van der Waals surface area contributed by atoms with Crippen LogP contribution in [0.5, 0.6) is 0 Å². The number of anilines is 3. The number of furan rings is 1. The van der Waals surface area contributed by atoms with Crippen LogP contribution in [-0.2, 0) is 6.42 Å². The Labute approximate surface area is 315 Å². The lowest BCUT2D eigenvalue weighted by atomic mass is 9.96. The Morgan fingerprint density at radius 1 is 0.407 bits per heavy atom. The van der Waals surface area contributed by atoms with Crippen LogP contribution in [0.15, 0.2) is 199 Å². The minimum Gasteiger partial charge on any atom is -0.454 e. The topological polar surface area (TPSA) is 16.4 Å². The van der Waals surface area contributed by atoms with E-state index in [4.69, 9.17) is 4.42 Å². The van der Waals surface area contributed by atoms with Crippen LogP contribution in [0.1, 0.15) is 17.7 Å². The normalized spacial score (nSPS) is 12.2. The maximum atomic E-state index is 6.62. The quantitative estimate of drug-likeness (QED) is 0.165. The zero-order valence-electron chi connectivity index (χ0n) is 29.8. The first kappa shape index (κ1) is 31.8. The molecular weight excluding hydrogens is 655 g/mol. The number of para-hydroxylation sites is 1. The Kier molecular flexibility index (Phi) is 8.00. The smallest absolute Gasteiger partial charge is 0.159 e. The van der Waals surface area contributed by atoms with Crippen LogP contribution in [0.25, 0.3) is 72.3 Å². The lowest BCUT2D eigenvalue weighted by Gasteiger charge is -2.26. The number of hydrogen-bond acceptors (Lipinski definition) is 2. The van der Waals surface area contributed by atoms with Gasteiger partial charge in [0.05, 0.1) is 5.69 Å². The van der Waals surface area contributed by atoms with Crippen molar-refractivity contribution >= 4 is 44.9 Å². The van der Waals surface area contributed by atoms with Crippen LogP contribution in [0.2, 0.25) is 0 Å². The molecule has 0 radical (unpaired) electrons. The number of aryl methyl sites for hydroxylation is 1. The summed E-state index contributed by atoms with van der Waals surface area (Å²) in [6.45, 7) is 0. The highest BCUT2D eigenvalue weighted by Gasteiger charge is 2.22. The van der Waals surface area contributed by atoms with Gasteiger partial charge < -0.3 is 9.32 Å². The Hall–Kier alpha value is -6.90. The van der Waals surface area contributed by atoms with Gasteiger partial charge in [0.25, 0.3) is 0 Å². The maximum absolute atomic E-state index is 6.62. The summed E-state index contributed by atoms with van der Waals surface area (Å²) >= 11 is 0. The fourth-order valence-electron chi connectivity index (χ4n) is 7.95. The first-order valence-electron chi connectivity index (χ1n) is 18.7. The number of fused-ring (bicyclic) bond motifs is 4. The summed E-state index contributed by atoms with van der Waals surface area (Å²) in [6.07, 6.45) is 6.37. The van der Waals surface area contributed by atoms with Crippen LogP contribution in [0, 0.1) is 0 Å². The summed E-state index contributed by atoms with van der Waals surface area (Å²) in [5.74, 6) is 0.973. The zero-order valence-corrected chi connectivity index (χ0v) is 29.8. The second-order valence-electron chi connectivity index (χ2n) is 14.1. The van der Waals surface area contributed by atoms with Crippen molar-refractivity contribution in [3.63, 3.8) is 0 Å². The van der Waals surface area contributed by atoms with Gasteiger partial charge in [0, 0.05) is 22.3 Å². The molecule has 0 atom stereocenters. The molecule has 0 N–H and O–H groups in total. The van der Waals surface area contributed by atoms with Crippen molar-refractivity contribution in [3.05, 3.63) is 205 Å². The average Bonchev–Trinajstić information content (AvgIpc) is 3.64. The molecule has 0 fully saturated rings. The SMILES string of the molecule is C1=Cc2oc3c(N(c4ccc(-c5ccc(-c6cccc(-c7ccc8ccccc8c7)c6)cc5)cc4)c4cccc(-c5ccccc5)c4)cccc3c2CC1. The lowest BCUT2D eigenvalue weighted by molar-refractivity contribution is 0.596. The van der Waals surface area contributed by atoms with Crippen LogP contribution in [-0.4, -0.2) is 0 Å². The van der Waals surface area contributed by atoms with Gasteiger partial charge in [0.1, 0.15) is 5.76 Å². The monoisotopic (exact) mass is 691 g/mol. The van der Waals surface area contributed by atoms with Gasteiger partial charge in [-0.15, -0.1) is 0 Å². The van der Waals surface area contributed by atoms with Crippen molar-refractivity contribution in [2.75, 3.05) is 4.90 Å². The predicted octanol–water partition coefficient (Wildman–Crippen LogP) is 14.7. The first-order chi connectivity index (χ1) is 26.7. The molecule has 0 spiro atoms. The van der Waals surface area contributed by atoms with E-state index < -0.39 is 0 Å². The average molecular weight is 692 g/mol. The lowest BCUT2D eigenvalue weighted by Crippen LogP contribution is -2.10. The molecule has 54 heavy (non-hydrogen) atoms. The molecule has 8 aromatic carbocycles. The summed E-state index contributed by atoms with van der Waals surface area (Å²) in [6, 6.07) is 67.8. The van der Waals surface area contributed by atoms with Crippen molar-refractivity contribution in [2.45, 2.75) is 12.8 Å². The molecule has 9 aromatic rings. The van der Waals surface area contributed by atoms with Gasteiger partial charge in [-0.2, -0.15) is 0 Å². The molecule has 2 heteroatoms. The van der Waals surface area contributed by atoms with Gasteiger partial charge in [-0.05, 0) is 117 Å². The van der Waals surface area contributed by atoms with Crippen molar-refractivity contribution in [1.82, 2.24) is 0 Å². The molecule has 0 bridgehead atoms. The standard InChI is InChI=1S/C52H37NO/c1-2-11-36(12-3-1)44-17-9-18-47(35-44)53(50-21-10-20-49-48-19-6-7-22-51(48)54-52(49)50)46-31-29-39(30-32-46)38-23-25-40(26-24-38)42-15-8-16-43(33-42)45-28-27-37-13-4-5-14-41(37)34-45/h1-5,7-18,20-35H,6,19H2. The van der Waals surface area contributed by atoms with Gasteiger partial charge >= 0.3 is 0 Å². The summed E-state index contributed by atoms with van der Waals surface area (Å²) < 4.78 is 6.62. The molecule has 1 aliphatic rings. The van der Waals surface area contributed by atoms with Crippen molar-refractivity contribution in [1.29, 1.82) is 0 Å². The van der Waals surface area contributed by atoms with E-state index in [-0.39, 0.29) is 0 Å². The van der Waals surface area contributed by atoms with E-state index in [9.17, 15) is 0 Å². The summed E-state index contributed by atoms with van der Waals surface area (Å²) in [4.78, 5) is 2.34. The largest absolute Gasteiger partial charge is 0.454 e. The first-order valence-corrected chi connectivity index (χ1v) is 18.7. The molecule has 0 amide bonds. The van der Waals surface area contributed by atoms with E-state index in [1.54, 1.807) is 0 Å². The van der Waals surface area contributed by atoms with Gasteiger partial charge in [0.2, 0.25) is 0 Å². The minimum atomic E-state index is 0.920. The summed E-state index contributed by atoms with van der Waals surface area (Å²) in [5.41, 5.74) is 15.0. The van der Waals surface area contributed by atoms with Crippen LogP contribution in [0.3, 0.4) is 0 Å². The molecule has 256 valence electrons. The minimum absolute atomic E-state index is 0.920. The van der Waals surface area contributed by atoms with Gasteiger partial charge in [-0.3, -0.25) is 0 Å². The van der Waals surface area contributed by atoms with E-state index in [2.05, 4.69) is 205 Å². The highest BCUT2D eigenvalue weighted by atomic mass is 16.3. The van der Waals surface area contributed by atoms with Crippen molar-refractivity contribution in [2.24, 2.45) is 0 Å². The molecule has 1 aromatic heterocycles. The van der Waals surface area contributed by atoms with E-state index in [0.29, 0.717) is 0 Å². The fourth-order valence-corrected chi connectivity index (χ4v) is 7.95. The maximum Gasteiger partial charge on any atom is 0.159 e. The van der Waals surface area contributed by atoms with Crippen molar-refractivity contribution in [3.8, 4) is 44.5 Å². The van der Waals surface area contributed by atoms with E-state index in [0.717, 1.165) is 41.2 Å². The third-order valence-corrected chi connectivity index (χ3v) is 10.7. The highest BCUT2D eigenvalue weighted by Crippen LogP contribution is 2.44. The fraction of sp³-hybridized carbons (Fsp3) is 0.0385. The number of hydrogen-bond donors (Lipinski definition) is 0. The number of nitrogens with zero attached hydrogens (tertiary/aromatic N) is 1. The molecule has 1 heterocycles. The second kappa shape index (κ2) is 13.6. The van der Waals surface area contributed by atoms with Crippen LogP contribution >= 0.6 is 0 Å². The van der Waals surface area contributed by atoms with Crippen LogP contribution < -0.4 is 4.90 Å². The number of allylic oxidation sites excluding steroid dienone is 1. The third kappa shape index (κ3) is 5.88.